The number of aliphatic hydroxyl groups is 1. The fraction of sp³-hybridized carbons (Fsp3) is 0.269. The number of H-pyrrole nitrogens is 1. The van der Waals surface area contributed by atoms with Crippen LogP contribution in [0.15, 0.2) is 79.3 Å². The Hall–Kier alpha value is -3.55. The molecule has 0 spiro atoms. The molecule has 1 amide bonds. The van der Waals surface area contributed by atoms with Crippen molar-refractivity contribution in [3.63, 3.8) is 0 Å². The second-order valence-electron chi connectivity index (χ2n) is 7.80. The number of nitrogens with zero attached hydrogens (tertiary/aromatic N) is 1. The van der Waals surface area contributed by atoms with Gasteiger partial charge in [-0.15, -0.1) is 0 Å². The number of carbonyl (C=O) groups excluding carboxylic acids is 1. The normalized spacial score (nSPS) is 18.1. The molecule has 2 heterocycles. The monoisotopic (exact) mass is 449 g/mol. The summed E-state index contributed by atoms with van der Waals surface area (Å²) in [7, 11) is 3.42. The lowest BCUT2D eigenvalue weighted by atomic mass is 9.95. The minimum Gasteiger partial charge on any atom is -0.454 e. The molecule has 1 aromatic heterocycles. The van der Waals surface area contributed by atoms with Crippen LogP contribution in [0.2, 0.25) is 0 Å². The van der Waals surface area contributed by atoms with Gasteiger partial charge in [-0.1, -0.05) is 44.4 Å². The van der Waals surface area contributed by atoms with Crippen molar-refractivity contribution in [3.8, 4) is 0 Å². The summed E-state index contributed by atoms with van der Waals surface area (Å²) < 4.78 is 11.0. The average molecular weight is 450 g/mol. The number of carbonyl (C=O) groups is 1. The van der Waals surface area contributed by atoms with E-state index in [1.54, 1.807) is 32.3 Å². The average Bonchev–Trinajstić information content (AvgIpc) is 3.42. The molecule has 1 fully saturated rings. The first-order valence-corrected chi connectivity index (χ1v) is 10.8. The molecule has 3 N–H and O–H groups in total. The van der Waals surface area contributed by atoms with E-state index in [9.17, 15) is 9.90 Å². The minimum atomic E-state index is -0.663. The summed E-state index contributed by atoms with van der Waals surface area (Å²) in [5.41, 5.74) is 3.37. The SMILES string of the molecule is C=C/C=C1/OCO/C1=C/C=C(/c1[nH]c2ccccc2c1CC(C)C(O)NC)N(C)C(=O)C=C. The van der Waals surface area contributed by atoms with Crippen LogP contribution in [0.1, 0.15) is 18.2 Å². The minimum absolute atomic E-state index is 0.0679. The molecule has 2 atom stereocenters. The third kappa shape index (κ3) is 5.27. The van der Waals surface area contributed by atoms with Gasteiger partial charge < -0.3 is 24.5 Å². The van der Waals surface area contributed by atoms with Crippen molar-refractivity contribution in [2.24, 2.45) is 5.92 Å². The Morgan fingerprint density at radius 1 is 1.27 bits per heavy atom. The van der Waals surface area contributed by atoms with Gasteiger partial charge in [-0.05, 0) is 55.3 Å². The van der Waals surface area contributed by atoms with Crippen LogP contribution in [-0.2, 0) is 20.7 Å². The number of allylic oxidation sites excluding steroid dienone is 4. The predicted octanol–water partition coefficient (Wildman–Crippen LogP) is 3.83. The van der Waals surface area contributed by atoms with Crippen LogP contribution in [0, 0.1) is 5.92 Å². The summed E-state index contributed by atoms with van der Waals surface area (Å²) in [5, 5.41) is 14.3. The van der Waals surface area contributed by atoms with E-state index in [1.165, 1.54) is 11.0 Å². The van der Waals surface area contributed by atoms with E-state index in [4.69, 9.17) is 9.47 Å². The van der Waals surface area contributed by atoms with Gasteiger partial charge in [0, 0.05) is 18.0 Å². The molecule has 2 aromatic rings. The maximum atomic E-state index is 12.6. The van der Waals surface area contributed by atoms with Gasteiger partial charge in [0.25, 0.3) is 0 Å². The van der Waals surface area contributed by atoms with Crippen molar-refractivity contribution in [2.45, 2.75) is 19.6 Å². The number of ether oxygens (including phenoxy) is 2. The lowest BCUT2D eigenvalue weighted by Crippen LogP contribution is -2.33. The topological polar surface area (TPSA) is 86.8 Å². The summed E-state index contributed by atoms with van der Waals surface area (Å²) in [6.07, 6.45) is 8.13. The summed E-state index contributed by atoms with van der Waals surface area (Å²) >= 11 is 0. The number of hydrogen-bond acceptors (Lipinski definition) is 5. The van der Waals surface area contributed by atoms with Crippen molar-refractivity contribution < 1.29 is 19.4 Å². The zero-order valence-corrected chi connectivity index (χ0v) is 19.3. The number of rotatable bonds is 9. The van der Waals surface area contributed by atoms with E-state index in [0.29, 0.717) is 23.6 Å². The molecule has 1 aromatic carbocycles. The number of hydrogen-bond donors (Lipinski definition) is 3. The first-order valence-electron chi connectivity index (χ1n) is 10.8. The summed E-state index contributed by atoms with van der Waals surface area (Å²) in [4.78, 5) is 17.6. The maximum Gasteiger partial charge on any atom is 0.250 e. The van der Waals surface area contributed by atoms with Gasteiger partial charge in [0.05, 0.1) is 11.4 Å². The molecule has 1 saturated heterocycles. The van der Waals surface area contributed by atoms with Crippen LogP contribution in [0.4, 0.5) is 0 Å². The second kappa shape index (κ2) is 10.8. The number of nitrogens with one attached hydrogen (secondary N) is 2. The van der Waals surface area contributed by atoms with E-state index < -0.39 is 6.23 Å². The third-order valence-electron chi connectivity index (χ3n) is 5.63. The Balaban J connectivity index is 2.17. The largest absolute Gasteiger partial charge is 0.454 e. The Morgan fingerprint density at radius 2 is 1.97 bits per heavy atom. The van der Waals surface area contributed by atoms with Crippen molar-refractivity contribution >= 4 is 22.5 Å². The number of benzene rings is 1. The highest BCUT2D eigenvalue weighted by atomic mass is 16.7. The Labute approximate surface area is 194 Å². The highest BCUT2D eigenvalue weighted by Gasteiger charge is 2.24. The number of likely N-dealkylation sites (N-methyl/N-ethyl adjacent to an activating group) is 1. The van der Waals surface area contributed by atoms with Crippen molar-refractivity contribution in [1.82, 2.24) is 15.2 Å². The zero-order chi connectivity index (χ0) is 24.0. The first kappa shape index (κ1) is 24.1. The molecule has 1 aliphatic rings. The van der Waals surface area contributed by atoms with Gasteiger partial charge >= 0.3 is 0 Å². The number of aromatic nitrogens is 1. The van der Waals surface area contributed by atoms with Gasteiger partial charge in [0.1, 0.15) is 6.23 Å². The van der Waals surface area contributed by atoms with E-state index in [2.05, 4.69) is 23.5 Å². The van der Waals surface area contributed by atoms with Gasteiger partial charge in [-0.2, -0.15) is 0 Å². The molecular weight excluding hydrogens is 418 g/mol. The van der Waals surface area contributed by atoms with Crippen molar-refractivity contribution in [3.05, 3.63) is 90.6 Å². The molecule has 0 saturated carbocycles. The van der Waals surface area contributed by atoms with Gasteiger partial charge in [-0.25, -0.2) is 0 Å². The van der Waals surface area contributed by atoms with E-state index in [-0.39, 0.29) is 18.6 Å². The molecular formula is C26H31N3O4. The summed E-state index contributed by atoms with van der Waals surface area (Å²) in [5.74, 6) is 0.795. The maximum absolute atomic E-state index is 12.6. The second-order valence-corrected chi connectivity index (χ2v) is 7.80. The fourth-order valence-electron chi connectivity index (χ4n) is 3.79. The van der Waals surface area contributed by atoms with Crippen LogP contribution < -0.4 is 5.32 Å². The Morgan fingerprint density at radius 3 is 2.64 bits per heavy atom. The van der Waals surface area contributed by atoms with Gasteiger partial charge in [-0.3, -0.25) is 10.1 Å². The lowest BCUT2D eigenvalue weighted by molar-refractivity contribution is -0.122. The highest BCUT2D eigenvalue weighted by Crippen LogP contribution is 2.32. The smallest absolute Gasteiger partial charge is 0.250 e. The van der Waals surface area contributed by atoms with E-state index in [1.807, 2.05) is 37.3 Å². The quantitative estimate of drug-likeness (QED) is 0.400. The highest BCUT2D eigenvalue weighted by molar-refractivity contribution is 5.97. The van der Waals surface area contributed by atoms with E-state index in [0.717, 1.165) is 22.2 Å². The lowest BCUT2D eigenvalue weighted by Gasteiger charge is -2.22. The van der Waals surface area contributed by atoms with Crippen LogP contribution in [0.5, 0.6) is 0 Å². The predicted molar refractivity (Wildman–Crippen MR) is 131 cm³/mol. The van der Waals surface area contributed by atoms with Crippen molar-refractivity contribution in [2.75, 3.05) is 20.9 Å². The van der Waals surface area contributed by atoms with Crippen LogP contribution in [-0.4, -0.2) is 48.0 Å². The number of para-hydroxylation sites is 1. The first-order chi connectivity index (χ1) is 15.9. The number of aliphatic hydroxyl groups excluding tert-OH is 1. The number of amides is 1. The number of aromatic amines is 1. The molecule has 0 aliphatic carbocycles. The molecule has 174 valence electrons. The standard InChI is InChI=1S/C26H31N3O4/c1-6-10-22-23(33-16-32-22)14-13-21(29(5)24(30)7-2)25-19(15-17(3)26(31)27-4)18-11-8-9-12-20(18)28-25/h6-14,17,26-28,31H,1-2,15-16H2,3-5H3/b21-13-,22-10+,23-14+. The molecule has 33 heavy (non-hydrogen) atoms. The Bertz CT molecular complexity index is 1130. The molecule has 3 rings (SSSR count). The molecule has 0 bridgehead atoms. The van der Waals surface area contributed by atoms with Crippen LogP contribution in [0.25, 0.3) is 16.6 Å². The van der Waals surface area contributed by atoms with Crippen LogP contribution in [0.3, 0.4) is 0 Å². The summed E-state index contributed by atoms with van der Waals surface area (Å²) in [6, 6.07) is 7.96. The van der Waals surface area contributed by atoms with Crippen molar-refractivity contribution in [1.29, 1.82) is 0 Å². The Kier molecular flexibility index (Phi) is 7.92. The zero-order valence-electron chi connectivity index (χ0n) is 19.3. The molecule has 7 heteroatoms. The molecule has 2 unspecified atom stereocenters. The number of fused-ring (bicyclic) bond motifs is 1. The van der Waals surface area contributed by atoms with Gasteiger partial charge in [0.2, 0.25) is 12.7 Å². The van der Waals surface area contributed by atoms with Gasteiger partial charge in [0.15, 0.2) is 11.5 Å². The van der Waals surface area contributed by atoms with Crippen LogP contribution >= 0.6 is 0 Å². The molecule has 7 nitrogen and oxygen atoms in total. The molecule has 1 aliphatic heterocycles. The van der Waals surface area contributed by atoms with E-state index >= 15 is 0 Å². The molecule has 0 radical (unpaired) electrons. The fourth-order valence-corrected chi connectivity index (χ4v) is 3.79. The summed E-state index contributed by atoms with van der Waals surface area (Å²) in [6.45, 7) is 9.43. The third-order valence-corrected chi connectivity index (χ3v) is 5.63.